The maximum Gasteiger partial charge on any atom is 0.327 e. The highest BCUT2D eigenvalue weighted by Gasteiger charge is 2.52. The minimum Gasteiger partial charge on any atom is -0.468 e. The van der Waals surface area contributed by atoms with Gasteiger partial charge in [0.15, 0.2) is 0 Å². The van der Waals surface area contributed by atoms with Gasteiger partial charge in [0.1, 0.15) is 6.04 Å². The smallest absolute Gasteiger partial charge is 0.327 e. The van der Waals surface area contributed by atoms with Crippen LogP contribution in [0.15, 0.2) is 103 Å². The Bertz CT molecular complexity index is 975. The van der Waals surface area contributed by atoms with Gasteiger partial charge in [-0.25, -0.2) is 4.79 Å². The molecule has 0 spiro atoms. The van der Waals surface area contributed by atoms with Gasteiger partial charge in [-0.2, -0.15) is 0 Å². The molecule has 1 heterocycles. The lowest BCUT2D eigenvalue weighted by Crippen LogP contribution is -2.54. The standard InChI is InChI=1S/C28H27NO2/c1-31-27(30)26-25(21-17-18-21)19-20-29(26)28(22-11-5-2-6-12-22,23-13-7-3-8-14-23)24-15-9-4-10-16-24/h2-16,19,21,26H,17-18,20H2,1H3/t26-/m0/s1. The molecular weight excluding hydrogens is 382 g/mol. The van der Waals surface area contributed by atoms with Crippen LogP contribution in [0.1, 0.15) is 29.5 Å². The Kier molecular flexibility index (Phi) is 5.21. The van der Waals surface area contributed by atoms with E-state index in [1.165, 1.54) is 12.7 Å². The fourth-order valence-electron chi connectivity index (χ4n) is 5.15. The van der Waals surface area contributed by atoms with Crippen molar-refractivity contribution in [3.63, 3.8) is 0 Å². The van der Waals surface area contributed by atoms with Crippen molar-refractivity contribution in [3.8, 4) is 0 Å². The lowest BCUT2D eigenvalue weighted by Gasteiger charge is -2.46. The first-order chi connectivity index (χ1) is 15.3. The molecule has 0 amide bonds. The lowest BCUT2D eigenvalue weighted by molar-refractivity contribution is -0.146. The molecule has 0 aromatic heterocycles. The van der Waals surface area contributed by atoms with Gasteiger partial charge in [0, 0.05) is 6.54 Å². The van der Waals surface area contributed by atoms with Gasteiger partial charge in [0.25, 0.3) is 0 Å². The van der Waals surface area contributed by atoms with Gasteiger partial charge in [-0.1, -0.05) is 97.1 Å². The molecular formula is C28H27NO2. The van der Waals surface area contributed by atoms with E-state index in [1.54, 1.807) is 0 Å². The molecule has 0 radical (unpaired) electrons. The molecule has 156 valence electrons. The number of methoxy groups -OCH3 is 1. The van der Waals surface area contributed by atoms with E-state index in [0.717, 1.165) is 29.5 Å². The van der Waals surface area contributed by atoms with E-state index >= 15 is 0 Å². The highest BCUT2D eigenvalue weighted by atomic mass is 16.5. The van der Waals surface area contributed by atoms with Gasteiger partial charge < -0.3 is 4.74 Å². The minimum absolute atomic E-state index is 0.178. The molecule has 1 saturated carbocycles. The number of carbonyl (C=O) groups excluding carboxylic acids is 1. The van der Waals surface area contributed by atoms with Crippen LogP contribution in [-0.2, 0) is 15.1 Å². The lowest BCUT2D eigenvalue weighted by atomic mass is 9.75. The largest absolute Gasteiger partial charge is 0.468 e. The van der Waals surface area contributed by atoms with Crippen LogP contribution in [0.25, 0.3) is 0 Å². The second-order valence-corrected chi connectivity index (χ2v) is 8.36. The van der Waals surface area contributed by atoms with Crippen LogP contribution >= 0.6 is 0 Å². The van der Waals surface area contributed by atoms with Crippen molar-refractivity contribution in [1.82, 2.24) is 4.90 Å². The zero-order valence-corrected chi connectivity index (χ0v) is 17.8. The molecule has 0 unspecified atom stereocenters. The first-order valence-electron chi connectivity index (χ1n) is 11.0. The number of esters is 1. The van der Waals surface area contributed by atoms with E-state index in [9.17, 15) is 4.79 Å². The molecule has 1 atom stereocenters. The molecule has 0 bridgehead atoms. The second-order valence-electron chi connectivity index (χ2n) is 8.36. The van der Waals surface area contributed by atoms with Gasteiger partial charge >= 0.3 is 5.97 Å². The van der Waals surface area contributed by atoms with E-state index in [0.29, 0.717) is 12.5 Å². The third-order valence-electron chi connectivity index (χ3n) is 6.63. The molecule has 0 saturated heterocycles. The van der Waals surface area contributed by atoms with Gasteiger partial charge in [0.2, 0.25) is 0 Å². The molecule has 31 heavy (non-hydrogen) atoms. The van der Waals surface area contributed by atoms with E-state index in [-0.39, 0.29) is 5.97 Å². The number of hydrogen-bond donors (Lipinski definition) is 0. The van der Waals surface area contributed by atoms with E-state index in [2.05, 4.69) is 83.8 Å². The summed E-state index contributed by atoms with van der Waals surface area (Å²) in [4.78, 5) is 15.5. The van der Waals surface area contributed by atoms with Crippen molar-refractivity contribution in [2.24, 2.45) is 5.92 Å². The summed E-state index contributed by atoms with van der Waals surface area (Å²) in [5.74, 6) is 0.317. The maximum absolute atomic E-state index is 13.2. The second kappa shape index (κ2) is 8.16. The van der Waals surface area contributed by atoms with Crippen molar-refractivity contribution >= 4 is 5.97 Å². The van der Waals surface area contributed by atoms with Gasteiger partial charge in [-0.3, -0.25) is 4.90 Å². The third-order valence-corrected chi connectivity index (χ3v) is 6.63. The van der Waals surface area contributed by atoms with Crippen molar-refractivity contribution in [2.75, 3.05) is 13.7 Å². The predicted molar refractivity (Wildman–Crippen MR) is 123 cm³/mol. The topological polar surface area (TPSA) is 29.5 Å². The zero-order valence-electron chi connectivity index (χ0n) is 17.8. The van der Waals surface area contributed by atoms with Gasteiger partial charge in [-0.05, 0) is 41.0 Å². The van der Waals surface area contributed by atoms with Crippen LogP contribution in [0.3, 0.4) is 0 Å². The predicted octanol–water partition coefficient (Wildman–Crippen LogP) is 5.17. The summed E-state index contributed by atoms with van der Waals surface area (Å²) in [5, 5.41) is 0. The number of ether oxygens (including phenoxy) is 1. The summed E-state index contributed by atoms with van der Waals surface area (Å²) in [6, 6.07) is 31.2. The van der Waals surface area contributed by atoms with Crippen LogP contribution < -0.4 is 0 Å². The fraction of sp³-hybridized carbons (Fsp3) is 0.250. The number of hydrogen-bond acceptors (Lipinski definition) is 3. The van der Waals surface area contributed by atoms with Crippen LogP contribution in [-0.4, -0.2) is 30.6 Å². The minimum atomic E-state index is -0.615. The zero-order chi connectivity index (χ0) is 21.3. The molecule has 1 fully saturated rings. The molecule has 2 aliphatic rings. The van der Waals surface area contributed by atoms with Crippen molar-refractivity contribution in [2.45, 2.75) is 24.4 Å². The summed E-state index contributed by atoms with van der Waals surface area (Å²) in [7, 11) is 1.50. The Morgan fingerprint density at radius 2 is 1.26 bits per heavy atom. The molecule has 1 aliphatic carbocycles. The Labute approximate surface area is 184 Å². The van der Waals surface area contributed by atoms with Crippen molar-refractivity contribution < 1.29 is 9.53 Å². The average molecular weight is 410 g/mol. The van der Waals surface area contributed by atoms with E-state index < -0.39 is 11.6 Å². The molecule has 3 aromatic rings. The third kappa shape index (κ3) is 3.30. The van der Waals surface area contributed by atoms with Crippen LogP contribution in [0.2, 0.25) is 0 Å². The van der Waals surface area contributed by atoms with Crippen LogP contribution in [0, 0.1) is 5.92 Å². The molecule has 1 aliphatic heterocycles. The highest BCUT2D eigenvalue weighted by molar-refractivity contribution is 5.81. The summed E-state index contributed by atoms with van der Waals surface area (Å²) in [6.07, 6.45) is 4.58. The Hall–Kier alpha value is -3.17. The van der Waals surface area contributed by atoms with Gasteiger partial charge in [0.05, 0.1) is 12.6 Å². The Morgan fingerprint density at radius 1 is 0.806 bits per heavy atom. The van der Waals surface area contributed by atoms with E-state index in [1.807, 2.05) is 18.2 Å². The first kappa shape index (κ1) is 19.8. The number of rotatable bonds is 6. The number of nitrogens with zero attached hydrogens (tertiary/aromatic N) is 1. The monoisotopic (exact) mass is 409 g/mol. The molecule has 3 nitrogen and oxygen atoms in total. The average Bonchev–Trinajstić information content (AvgIpc) is 3.60. The molecule has 0 N–H and O–H groups in total. The fourth-order valence-corrected chi connectivity index (χ4v) is 5.15. The van der Waals surface area contributed by atoms with Crippen LogP contribution in [0.4, 0.5) is 0 Å². The normalized spacial score (nSPS) is 19.1. The molecule has 3 aromatic carbocycles. The maximum atomic E-state index is 13.2. The quantitative estimate of drug-likeness (QED) is 0.319. The Balaban J connectivity index is 1.79. The first-order valence-corrected chi connectivity index (χ1v) is 11.0. The number of carbonyl (C=O) groups is 1. The summed E-state index contributed by atoms with van der Waals surface area (Å²) >= 11 is 0. The van der Waals surface area contributed by atoms with Crippen molar-refractivity contribution in [3.05, 3.63) is 119 Å². The number of benzene rings is 3. The summed E-state index contributed by atoms with van der Waals surface area (Å²) in [5.41, 5.74) is 4.04. The SMILES string of the molecule is COC(=O)[C@@H]1C(C2CC2)=CCN1C(c1ccccc1)(c1ccccc1)c1ccccc1. The van der Waals surface area contributed by atoms with Crippen LogP contribution in [0.5, 0.6) is 0 Å². The van der Waals surface area contributed by atoms with Crippen molar-refractivity contribution in [1.29, 1.82) is 0 Å². The molecule has 3 heteroatoms. The van der Waals surface area contributed by atoms with E-state index in [4.69, 9.17) is 4.74 Å². The van der Waals surface area contributed by atoms with Gasteiger partial charge in [-0.15, -0.1) is 0 Å². The highest BCUT2D eigenvalue weighted by Crippen LogP contribution is 2.49. The summed E-state index contributed by atoms with van der Waals surface area (Å²) < 4.78 is 5.35. The Morgan fingerprint density at radius 3 is 1.65 bits per heavy atom. The molecule has 5 rings (SSSR count). The summed E-state index contributed by atoms with van der Waals surface area (Å²) in [6.45, 7) is 0.699.